The minimum absolute atomic E-state index is 0.144. The lowest BCUT2D eigenvalue weighted by Gasteiger charge is -2.31. The van der Waals surface area contributed by atoms with Crippen LogP contribution < -0.4 is 5.32 Å². The van der Waals surface area contributed by atoms with E-state index in [1.54, 1.807) is 12.1 Å². The minimum atomic E-state index is -0.144. The fourth-order valence-corrected chi connectivity index (χ4v) is 2.46. The molecule has 0 aliphatic carbocycles. The third-order valence-corrected chi connectivity index (χ3v) is 4.38. The Morgan fingerprint density at radius 3 is 2.40 bits per heavy atom. The van der Waals surface area contributed by atoms with E-state index in [0.29, 0.717) is 17.4 Å². The SMILES string of the molecule is CCNC(Cc1ccc(F)cc1C)CC(C)C(C)(C)C. The maximum atomic E-state index is 13.2. The lowest BCUT2D eigenvalue weighted by atomic mass is 9.77. The van der Waals surface area contributed by atoms with E-state index in [2.05, 4.69) is 39.9 Å². The van der Waals surface area contributed by atoms with Crippen LogP contribution in [0.25, 0.3) is 0 Å². The normalized spacial score (nSPS) is 15.2. The first kappa shape index (κ1) is 17.2. The zero-order chi connectivity index (χ0) is 15.3. The summed E-state index contributed by atoms with van der Waals surface area (Å²) >= 11 is 0. The molecule has 0 bridgehead atoms. The molecule has 2 unspecified atom stereocenters. The van der Waals surface area contributed by atoms with Crippen molar-refractivity contribution in [3.05, 3.63) is 35.1 Å². The average Bonchev–Trinajstić information content (AvgIpc) is 2.31. The molecule has 1 N–H and O–H groups in total. The van der Waals surface area contributed by atoms with E-state index < -0.39 is 0 Å². The summed E-state index contributed by atoms with van der Waals surface area (Å²) < 4.78 is 13.2. The van der Waals surface area contributed by atoms with Crippen molar-refractivity contribution in [3.8, 4) is 0 Å². The van der Waals surface area contributed by atoms with Crippen LogP contribution in [0.3, 0.4) is 0 Å². The van der Waals surface area contributed by atoms with Gasteiger partial charge in [-0.1, -0.05) is 40.7 Å². The van der Waals surface area contributed by atoms with Gasteiger partial charge in [-0.05, 0) is 60.9 Å². The van der Waals surface area contributed by atoms with Gasteiger partial charge in [-0.25, -0.2) is 4.39 Å². The Balaban J connectivity index is 2.76. The largest absolute Gasteiger partial charge is 0.314 e. The van der Waals surface area contributed by atoms with E-state index in [1.807, 2.05) is 13.0 Å². The summed E-state index contributed by atoms with van der Waals surface area (Å²) in [5.74, 6) is 0.501. The van der Waals surface area contributed by atoms with Gasteiger partial charge in [0.1, 0.15) is 5.82 Å². The maximum Gasteiger partial charge on any atom is 0.123 e. The van der Waals surface area contributed by atoms with E-state index in [-0.39, 0.29) is 5.82 Å². The molecule has 0 heterocycles. The van der Waals surface area contributed by atoms with Crippen molar-refractivity contribution in [2.75, 3.05) is 6.54 Å². The predicted octanol–water partition coefficient (Wildman–Crippen LogP) is 4.73. The fraction of sp³-hybridized carbons (Fsp3) is 0.667. The second kappa shape index (κ2) is 7.21. The lowest BCUT2D eigenvalue weighted by Crippen LogP contribution is -2.35. The first-order valence-corrected chi connectivity index (χ1v) is 7.72. The average molecular weight is 279 g/mol. The van der Waals surface area contributed by atoms with Crippen LogP contribution in [0.15, 0.2) is 18.2 Å². The molecule has 0 aliphatic heterocycles. The van der Waals surface area contributed by atoms with Crippen LogP contribution in [0.1, 0.15) is 52.2 Å². The number of halogens is 1. The van der Waals surface area contributed by atoms with E-state index >= 15 is 0 Å². The van der Waals surface area contributed by atoms with E-state index in [9.17, 15) is 4.39 Å². The summed E-state index contributed by atoms with van der Waals surface area (Å²) in [7, 11) is 0. The van der Waals surface area contributed by atoms with Gasteiger partial charge in [0.25, 0.3) is 0 Å². The van der Waals surface area contributed by atoms with Gasteiger partial charge in [-0.3, -0.25) is 0 Å². The van der Waals surface area contributed by atoms with Gasteiger partial charge in [0.15, 0.2) is 0 Å². The molecule has 1 nitrogen and oxygen atoms in total. The first-order chi connectivity index (χ1) is 9.24. The molecule has 0 aromatic heterocycles. The number of aryl methyl sites for hydroxylation is 1. The second-order valence-corrected chi connectivity index (χ2v) is 7.03. The highest BCUT2D eigenvalue weighted by Crippen LogP contribution is 2.30. The van der Waals surface area contributed by atoms with Gasteiger partial charge in [-0.2, -0.15) is 0 Å². The first-order valence-electron chi connectivity index (χ1n) is 7.72. The van der Waals surface area contributed by atoms with Crippen LogP contribution >= 0.6 is 0 Å². The van der Waals surface area contributed by atoms with Crippen molar-refractivity contribution in [2.24, 2.45) is 11.3 Å². The predicted molar refractivity (Wildman–Crippen MR) is 85.5 cm³/mol. The van der Waals surface area contributed by atoms with Crippen LogP contribution in [-0.4, -0.2) is 12.6 Å². The van der Waals surface area contributed by atoms with Gasteiger partial charge < -0.3 is 5.32 Å². The Hall–Kier alpha value is -0.890. The quantitative estimate of drug-likeness (QED) is 0.794. The standard InChI is InChI=1S/C18H30FN/c1-7-20-17(11-14(3)18(4,5)6)12-15-8-9-16(19)10-13(15)2/h8-10,14,17,20H,7,11-12H2,1-6H3. The Morgan fingerprint density at radius 1 is 1.25 bits per heavy atom. The third-order valence-electron chi connectivity index (χ3n) is 4.38. The van der Waals surface area contributed by atoms with Crippen molar-refractivity contribution < 1.29 is 4.39 Å². The molecule has 0 saturated carbocycles. The minimum Gasteiger partial charge on any atom is -0.314 e. The number of hydrogen-bond acceptors (Lipinski definition) is 1. The topological polar surface area (TPSA) is 12.0 Å². The summed E-state index contributed by atoms with van der Waals surface area (Å²) in [5, 5.41) is 3.58. The summed E-state index contributed by atoms with van der Waals surface area (Å²) in [6, 6.07) is 5.58. The molecule has 0 saturated heterocycles. The summed E-state index contributed by atoms with van der Waals surface area (Å²) in [4.78, 5) is 0. The Morgan fingerprint density at radius 2 is 1.90 bits per heavy atom. The number of benzene rings is 1. The van der Waals surface area contributed by atoms with Gasteiger partial charge in [0, 0.05) is 6.04 Å². The Labute approximate surface area is 124 Å². The highest BCUT2D eigenvalue weighted by atomic mass is 19.1. The fourth-order valence-electron chi connectivity index (χ4n) is 2.46. The molecular weight excluding hydrogens is 249 g/mol. The van der Waals surface area contributed by atoms with Gasteiger partial charge in [0.2, 0.25) is 0 Å². The van der Waals surface area contributed by atoms with Crippen molar-refractivity contribution in [3.63, 3.8) is 0 Å². The summed E-state index contributed by atoms with van der Waals surface area (Å²) in [6.45, 7) is 14.3. The molecule has 0 aliphatic rings. The Bertz CT molecular complexity index is 420. The Kier molecular flexibility index (Phi) is 6.19. The molecule has 2 heteroatoms. The highest BCUT2D eigenvalue weighted by molar-refractivity contribution is 5.27. The van der Waals surface area contributed by atoms with Crippen molar-refractivity contribution in [2.45, 2.75) is 60.4 Å². The van der Waals surface area contributed by atoms with Crippen LogP contribution in [-0.2, 0) is 6.42 Å². The zero-order valence-electron chi connectivity index (χ0n) is 13.9. The molecule has 1 rings (SSSR count). The van der Waals surface area contributed by atoms with Crippen LogP contribution in [0.5, 0.6) is 0 Å². The molecule has 0 radical (unpaired) electrons. The number of likely N-dealkylation sites (N-methyl/N-ethyl adjacent to an activating group) is 1. The second-order valence-electron chi connectivity index (χ2n) is 7.03. The maximum absolute atomic E-state index is 13.2. The van der Waals surface area contributed by atoms with Gasteiger partial charge >= 0.3 is 0 Å². The van der Waals surface area contributed by atoms with Crippen LogP contribution in [0.4, 0.5) is 4.39 Å². The highest BCUT2D eigenvalue weighted by Gasteiger charge is 2.23. The smallest absolute Gasteiger partial charge is 0.123 e. The molecular formula is C18H30FN. The molecule has 114 valence electrons. The molecule has 0 amide bonds. The molecule has 0 spiro atoms. The van der Waals surface area contributed by atoms with E-state index in [1.165, 1.54) is 5.56 Å². The lowest BCUT2D eigenvalue weighted by molar-refractivity contribution is 0.222. The summed E-state index contributed by atoms with van der Waals surface area (Å²) in [5.41, 5.74) is 2.63. The van der Waals surface area contributed by atoms with Gasteiger partial charge in [-0.15, -0.1) is 0 Å². The van der Waals surface area contributed by atoms with Crippen molar-refractivity contribution in [1.82, 2.24) is 5.32 Å². The number of nitrogens with one attached hydrogen (secondary N) is 1. The molecule has 0 fully saturated rings. The number of rotatable bonds is 6. The van der Waals surface area contributed by atoms with Crippen LogP contribution in [0, 0.1) is 24.1 Å². The van der Waals surface area contributed by atoms with Crippen LogP contribution in [0.2, 0.25) is 0 Å². The van der Waals surface area contributed by atoms with Crippen molar-refractivity contribution in [1.29, 1.82) is 0 Å². The van der Waals surface area contributed by atoms with E-state index in [0.717, 1.165) is 24.9 Å². The number of hydrogen-bond donors (Lipinski definition) is 1. The monoisotopic (exact) mass is 279 g/mol. The van der Waals surface area contributed by atoms with E-state index in [4.69, 9.17) is 0 Å². The molecule has 1 aromatic carbocycles. The summed E-state index contributed by atoms with van der Waals surface area (Å²) in [6.07, 6.45) is 2.12. The van der Waals surface area contributed by atoms with Gasteiger partial charge in [0.05, 0.1) is 0 Å². The third kappa shape index (κ3) is 5.24. The molecule has 20 heavy (non-hydrogen) atoms. The molecule has 1 aromatic rings. The zero-order valence-corrected chi connectivity index (χ0v) is 13.9. The molecule has 2 atom stereocenters. The van der Waals surface area contributed by atoms with Crippen molar-refractivity contribution >= 4 is 0 Å².